The van der Waals surface area contributed by atoms with E-state index in [4.69, 9.17) is 9.47 Å². The van der Waals surface area contributed by atoms with Crippen molar-refractivity contribution in [3.8, 4) is 5.75 Å². The number of hydrogen-bond acceptors (Lipinski definition) is 6. The number of carbonyl (C=O) groups is 1. The Morgan fingerprint density at radius 2 is 1.96 bits per heavy atom. The predicted molar refractivity (Wildman–Crippen MR) is 101 cm³/mol. The van der Waals surface area contributed by atoms with Gasteiger partial charge in [-0.2, -0.15) is 0 Å². The van der Waals surface area contributed by atoms with Crippen molar-refractivity contribution in [1.82, 2.24) is 9.88 Å². The van der Waals surface area contributed by atoms with Gasteiger partial charge in [-0.25, -0.2) is 4.98 Å². The number of aromatic nitrogens is 1. The monoisotopic (exact) mass is 356 g/mol. The van der Waals surface area contributed by atoms with Crippen LogP contribution in [0.2, 0.25) is 0 Å². The summed E-state index contributed by atoms with van der Waals surface area (Å²) < 4.78 is 10.4. The lowest BCUT2D eigenvalue weighted by Crippen LogP contribution is -2.39. The van der Waals surface area contributed by atoms with E-state index in [1.165, 1.54) is 0 Å². The van der Waals surface area contributed by atoms with Crippen molar-refractivity contribution in [2.75, 3.05) is 57.1 Å². The second-order valence-corrected chi connectivity index (χ2v) is 6.00. The molecule has 2 heterocycles. The minimum absolute atomic E-state index is 0.201. The molecule has 7 nitrogen and oxygen atoms in total. The molecule has 1 aromatic carbocycles. The molecule has 0 saturated carbocycles. The SMILES string of the molecule is COc1ccc(C(=O)Nc2ccc(NCCN3CCOCC3)cn2)cc1. The standard InChI is InChI=1S/C19H24N4O3/c1-25-17-5-2-15(3-6-17)19(24)22-18-7-4-16(14-21-18)20-8-9-23-10-12-26-13-11-23/h2-7,14,20H,8-13H2,1H3,(H,21,22,24). The molecule has 138 valence electrons. The molecule has 1 aromatic heterocycles. The van der Waals surface area contributed by atoms with E-state index in [9.17, 15) is 4.79 Å². The molecule has 1 aliphatic heterocycles. The van der Waals surface area contributed by atoms with E-state index in [1.807, 2.05) is 6.07 Å². The highest BCUT2D eigenvalue weighted by molar-refractivity contribution is 6.03. The Bertz CT molecular complexity index is 698. The minimum Gasteiger partial charge on any atom is -0.497 e. The zero-order chi connectivity index (χ0) is 18.2. The molecule has 0 unspecified atom stereocenters. The van der Waals surface area contributed by atoms with Crippen molar-refractivity contribution in [2.45, 2.75) is 0 Å². The Hall–Kier alpha value is -2.64. The van der Waals surface area contributed by atoms with Gasteiger partial charge in [-0.1, -0.05) is 0 Å². The van der Waals surface area contributed by atoms with E-state index in [0.717, 1.165) is 45.1 Å². The summed E-state index contributed by atoms with van der Waals surface area (Å²) in [6.45, 7) is 5.40. The third-order valence-electron chi connectivity index (χ3n) is 4.22. The third kappa shape index (κ3) is 5.18. The zero-order valence-corrected chi connectivity index (χ0v) is 14.9. The fourth-order valence-corrected chi connectivity index (χ4v) is 2.69. The van der Waals surface area contributed by atoms with Gasteiger partial charge in [0.15, 0.2) is 0 Å². The number of methoxy groups -OCH3 is 1. The molecule has 2 aromatic rings. The van der Waals surface area contributed by atoms with Crippen molar-refractivity contribution >= 4 is 17.4 Å². The third-order valence-corrected chi connectivity index (χ3v) is 4.22. The molecule has 0 aliphatic carbocycles. The summed E-state index contributed by atoms with van der Waals surface area (Å²) in [4.78, 5) is 18.9. The fourth-order valence-electron chi connectivity index (χ4n) is 2.69. The number of ether oxygens (including phenoxy) is 2. The topological polar surface area (TPSA) is 75.7 Å². The first-order valence-electron chi connectivity index (χ1n) is 8.70. The minimum atomic E-state index is -0.201. The molecular weight excluding hydrogens is 332 g/mol. The Kier molecular flexibility index (Phi) is 6.40. The molecule has 7 heteroatoms. The lowest BCUT2D eigenvalue weighted by molar-refractivity contribution is 0.0398. The Morgan fingerprint density at radius 3 is 2.62 bits per heavy atom. The van der Waals surface area contributed by atoms with Crippen molar-refractivity contribution in [3.05, 3.63) is 48.2 Å². The summed E-state index contributed by atoms with van der Waals surface area (Å²) in [5.74, 6) is 1.03. The van der Waals surface area contributed by atoms with Gasteiger partial charge in [0.25, 0.3) is 5.91 Å². The molecule has 1 amide bonds. The van der Waals surface area contributed by atoms with Gasteiger partial charge in [0.2, 0.25) is 0 Å². The zero-order valence-electron chi connectivity index (χ0n) is 14.9. The summed E-state index contributed by atoms with van der Waals surface area (Å²) >= 11 is 0. The summed E-state index contributed by atoms with van der Waals surface area (Å²) in [6, 6.07) is 10.6. The number of amides is 1. The van der Waals surface area contributed by atoms with Gasteiger partial charge in [-0.15, -0.1) is 0 Å². The first kappa shape index (κ1) is 18.2. The van der Waals surface area contributed by atoms with Crippen molar-refractivity contribution in [2.24, 2.45) is 0 Å². The van der Waals surface area contributed by atoms with Gasteiger partial charge in [0.05, 0.1) is 32.2 Å². The van der Waals surface area contributed by atoms with Crippen LogP contribution in [0, 0.1) is 0 Å². The Balaban J connectivity index is 1.46. The van der Waals surface area contributed by atoms with Gasteiger partial charge in [-0.3, -0.25) is 9.69 Å². The molecule has 3 rings (SSSR count). The highest BCUT2D eigenvalue weighted by atomic mass is 16.5. The number of carbonyl (C=O) groups excluding carboxylic acids is 1. The van der Waals surface area contributed by atoms with Gasteiger partial charge in [0.1, 0.15) is 11.6 Å². The van der Waals surface area contributed by atoms with Crippen LogP contribution >= 0.6 is 0 Å². The maximum absolute atomic E-state index is 12.2. The van der Waals surface area contributed by atoms with Gasteiger partial charge >= 0.3 is 0 Å². The van der Waals surface area contributed by atoms with Crippen LogP contribution in [0.25, 0.3) is 0 Å². The van der Waals surface area contributed by atoms with Crippen molar-refractivity contribution < 1.29 is 14.3 Å². The largest absolute Gasteiger partial charge is 0.497 e. The molecule has 1 aliphatic rings. The van der Waals surface area contributed by atoms with Crippen LogP contribution < -0.4 is 15.4 Å². The Labute approximate surface area is 153 Å². The number of rotatable bonds is 7. The predicted octanol–water partition coefficient (Wildman–Crippen LogP) is 2.09. The average Bonchev–Trinajstić information content (AvgIpc) is 2.70. The summed E-state index contributed by atoms with van der Waals surface area (Å²) in [7, 11) is 1.59. The van der Waals surface area contributed by atoms with Crippen LogP contribution in [0.1, 0.15) is 10.4 Å². The van der Waals surface area contributed by atoms with E-state index < -0.39 is 0 Å². The first-order chi connectivity index (χ1) is 12.7. The fraction of sp³-hybridized carbons (Fsp3) is 0.368. The number of anilines is 2. The first-order valence-corrected chi connectivity index (χ1v) is 8.70. The van der Waals surface area contributed by atoms with Crippen LogP contribution in [-0.2, 0) is 4.74 Å². The molecule has 1 fully saturated rings. The van der Waals surface area contributed by atoms with E-state index in [1.54, 1.807) is 43.6 Å². The summed E-state index contributed by atoms with van der Waals surface area (Å²) in [6.07, 6.45) is 1.73. The molecule has 2 N–H and O–H groups in total. The van der Waals surface area contributed by atoms with Crippen LogP contribution in [0.5, 0.6) is 5.75 Å². The maximum Gasteiger partial charge on any atom is 0.256 e. The van der Waals surface area contributed by atoms with Crippen molar-refractivity contribution in [3.63, 3.8) is 0 Å². The van der Waals surface area contributed by atoms with Crippen LogP contribution in [-0.4, -0.2) is 62.3 Å². The number of nitrogens with one attached hydrogen (secondary N) is 2. The lowest BCUT2D eigenvalue weighted by atomic mass is 10.2. The second kappa shape index (κ2) is 9.17. The van der Waals surface area contributed by atoms with Crippen LogP contribution in [0.3, 0.4) is 0 Å². The van der Waals surface area contributed by atoms with E-state index >= 15 is 0 Å². The second-order valence-electron chi connectivity index (χ2n) is 6.00. The van der Waals surface area contributed by atoms with Gasteiger partial charge in [-0.05, 0) is 36.4 Å². The normalized spacial score (nSPS) is 14.7. The molecule has 0 bridgehead atoms. The molecule has 0 spiro atoms. The average molecular weight is 356 g/mol. The molecule has 0 atom stereocenters. The molecule has 26 heavy (non-hydrogen) atoms. The smallest absolute Gasteiger partial charge is 0.256 e. The highest BCUT2D eigenvalue weighted by Gasteiger charge is 2.10. The van der Waals surface area contributed by atoms with E-state index in [0.29, 0.717) is 17.1 Å². The number of hydrogen-bond donors (Lipinski definition) is 2. The molecule has 1 saturated heterocycles. The highest BCUT2D eigenvalue weighted by Crippen LogP contribution is 2.14. The Morgan fingerprint density at radius 1 is 1.19 bits per heavy atom. The molecule has 0 radical (unpaired) electrons. The summed E-state index contributed by atoms with van der Waals surface area (Å²) in [5, 5.41) is 6.14. The maximum atomic E-state index is 12.2. The van der Waals surface area contributed by atoms with Gasteiger partial charge < -0.3 is 20.1 Å². The number of nitrogens with zero attached hydrogens (tertiary/aromatic N) is 2. The number of benzene rings is 1. The molecular formula is C19H24N4O3. The lowest BCUT2D eigenvalue weighted by Gasteiger charge is -2.26. The van der Waals surface area contributed by atoms with E-state index in [2.05, 4.69) is 20.5 Å². The van der Waals surface area contributed by atoms with Crippen LogP contribution in [0.15, 0.2) is 42.6 Å². The number of morpholine rings is 1. The van der Waals surface area contributed by atoms with Gasteiger partial charge in [0, 0.05) is 31.7 Å². The van der Waals surface area contributed by atoms with E-state index in [-0.39, 0.29) is 5.91 Å². The van der Waals surface area contributed by atoms with Crippen molar-refractivity contribution in [1.29, 1.82) is 0 Å². The summed E-state index contributed by atoms with van der Waals surface area (Å²) in [5.41, 5.74) is 1.49. The number of pyridine rings is 1. The van der Waals surface area contributed by atoms with Crippen LogP contribution in [0.4, 0.5) is 11.5 Å². The quantitative estimate of drug-likeness (QED) is 0.791.